The van der Waals surface area contributed by atoms with Gasteiger partial charge in [-0.25, -0.2) is 0 Å². The third-order valence-corrected chi connectivity index (χ3v) is 3.01. The molecule has 0 aliphatic rings. The topological polar surface area (TPSA) is 69.1 Å². The highest BCUT2D eigenvalue weighted by molar-refractivity contribution is 7.08. The highest BCUT2D eigenvalue weighted by Crippen LogP contribution is 2.19. The van der Waals surface area contributed by atoms with Crippen LogP contribution in [0.15, 0.2) is 29.0 Å². The third kappa shape index (κ3) is 1.39. The molecule has 0 saturated carbocycles. The van der Waals surface area contributed by atoms with Crippen molar-refractivity contribution in [1.82, 2.24) is 19.8 Å². The van der Waals surface area contributed by atoms with E-state index in [1.54, 1.807) is 15.9 Å². The Labute approximate surface area is 95.5 Å². The molecule has 0 aromatic carbocycles. The fourth-order valence-corrected chi connectivity index (χ4v) is 2.17. The molecule has 80 valence electrons. The van der Waals surface area contributed by atoms with Gasteiger partial charge in [-0.3, -0.25) is 0 Å². The minimum atomic E-state index is 0.335. The molecular weight excluding hydrogens is 222 g/mol. The second kappa shape index (κ2) is 3.66. The molecule has 3 aromatic heterocycles. The highest BCUT2D eigenvalue weighted by atomic mass is 32.1. The molecule has 0 radical (unpaired) electrons. The first-order valence-electron chi connectivity index (χ1n) is 4.82. The maximum absolute atomic E-state index is 5.57. The van der Waals surface area contributed by atoms with E-state index in [1.165, 1.54) is 0 Å². The summed E-state index contributed by atoms with van der Waals surface area (Å²) in [6, 6.07) is 5.86. The maximum atomic E-state index is 5.57. The number of thiophene rings is 1. The van der Waals surface area contributed by atoms with E-state index in [9.17, 15) is 0 Å². The Hall–Kier alpha value is -1.79. The molecule has 3 aromatic rings. The van der Waals surface area contributed by atoms with E-state index in [0.717, 1.165) is 16.9 Å². The summed E-state index contributed by atoms with van der Waals surface area (Å²) in [5.41, 5.74) is 8.30. The van der Waals surface area contributed by atoms with Crippen molar-refractivity contribution in [2.75, 3.05) is 0 Å². The van der Waals surface area contributed by atoms with Gasteiger partial charge in [-0.15, -0.1) is 10.2 Å². The second-order valence-electron chi connectivity index (χ2n) is 3.32. The number of nitrogens with two attached hydrogens (primary N) is 1. The largest absolute Gasteiger partial charge is 0.324 e. The van der Waals surface area contributed by atoms with E-state index < -0.39 is 0 Å². The summed E-state index contributed by atoms with van der Waals surface area (Å²) in [5.74, 6) is 0.673. The molecule has 0 fully saturated rings. The standard InChI is InChI=1S/C10H9N5S/c11-5-10-13-12-9-2-1-8(14-15(9)10)7-3-4-16-6-7/h1-4,6H,5,11H2. The molecule has 6 heteroatoms. The zero-order valence-electron chi connectivity index (χ0n) is 8.37. The lowest BCUT2D eigenvalue weighted by Gasteiger charge is -1.99. The number of hydrogen-bond acceptors (Lipinski definition) is 5. The van der Waals surface area contributed by atoms with E-state index in [-0.39, 0.29) is 0 Å². The van der Waals surface area contributed by atoms with Crippen molar-refractivity contribution in [3.8, 4) is 11.3 Å². The summed E-state index contributed by atoms with van der Waals surface area (Å²) >= 11 is 1.65. The van der Waals surface area contributed by atoms with Crippen LogP contribution in [0.1, 0.15) is 5.82 Å². The molecule has 5 nitrogen and oxygen atoms in total. The third-order valence-electron chi connectivity index (χ3n) is 2.33. The number of aromatic nitrogens is 4. The Morgan fingerprint density at radius 1 is 1.25 bits per heavy atom. The Morgan fingerprint density at radius 3 is 2.94 bits per heavy atom. The first-order chi connectivity index (χ1) is 7.88. The molecule has 0 amide bonds. The van der Waals surface area contributed by atoms with Gasteiger partial charge >= 0.3 is 0 Å². The zero-order valence-corrected chi connectivity index (χ0v) is 9.18. The molecule has 16 heavy (non-hydrogen) atoms. The van der Waals surface area contributed by atoms with Crippen molar-refractivity contribution in [2.24, 2.45) is 5.73 Å². The lowest BCUT2D eigenvalue weighted by Crippen LogP contribution is -2.05. The summed E-state index contributed by atoms with van der Waals surface area (Å²) in [7, 11) is 0. The monoisotopic (exact) mass is 231 g/mol. The summed E-state index contributed by atoms with van der Waals surface area (Å²) in [4.78, 5) is 0. The van der Waals surface area contributed by atoms with E-state index in [2.05, 4.69) is 20.7 Å². The van der Waals surface area contributed by atoms with Gasteiger partial charge in [-0.05, 0) is 23.6 Å². The molecule has 0 unspecified atom stereocenters. The van der Waals surface area contributed by atoms with E-state index in [1.807, 2.05) is 23.6 Å². The van der Waals surface area contributed by atoms with Crippen molar-refractivity contribution >= 4 is 17.0 Å². The van der Waals surface area contributed by atoms with Crippen molar-refractivity contribution in [2.45, 2.75) is 6.54 Å². The van der Waals surface area contributed by atoms with Crippen LogP contribution in [0.2, 0.25) is 0 Å². The predicted octanol–water partition coefficient (Wildman–Crippen LogP) is 1.31. The molecular formula is C10H9N5S. The molecule has 3 rings (SSSR count). The Kier molecular flexibility index (Phi) is 2.16. The second-order valence-corrected chi connectivity index (χ2v) is 4.10. The van der Waals surface area contributed by atoms with Crippen LogP contribution in [0.4, 0.5) is 0 Å². The van der Waals surface area contributed by atoms with Crippen molar-refractivity contribution in [1.29, 1.82) is 0 Å². The molecule has 0 bridgehead atoms. The van der Waals surface area contributed by atoms with E-state index in [0.29, 0.717) is 12.4 Å². The average molecular weight is 231 g/mol. The van der Waals surface area contributed by atoms with Gasteiger partial charge in [0.15, 0.2) is 11.5 Å². The zero-order chi connectivity index (χ0) is 11.0. The van der Waals surface area contributed by atoms with Gasteiger partial charge in [0.25, 0.3) is 0 Å². The number of hydrogen-bond donors (Lipinski definition) is 1. The van der Waals surface area contributed by atoms with Crippen LogP contribution in [-0.4, -0.2) is 19.8 Å². The fourth-order valence-electron chi connectivity index (χ4n) is 1.52. The summed E-state index contributed by atoms with van der Waals surface area (Å²) in [6.07, 6.45) is 0. The lowest BCUT2D eigenvalue weighted by atomic mass is 10.2. The molecule has 2 N–H and O–H groups in total. The van der Waals surface area contributed by atoms with Gasteiger partial charge in [0.1, 0.15) is 0 Å². The van der Waals surface area contributed by atoms with Crippen LogP contribution < -0.4 is 5.73 Å². The highest BCUT2D eigenvalue weighted by Gasteiger charge is 2.07. The first kappa shape index (κ1) is 9.44. The molecule has 0 atom stereocenters. The SMILES string of the molecule is NCc1nnc2ccc(-c3ccsc3)nn12. The van der Waals surface area contributed by atoms with E-state index in [4.69, 9.17) is 5.73 Å². The molecule has 0 aliphatic carbocycles. The van der Waals surface area contributed by atoms with Crippen LogP contribution in [0.3, 0.4) is 0 Å². The predicted molar refractivity (Wildman–Crippen MR) is 62.0 cm³/mol. The van der Waals surface area contributed by atoms with Gasteiger partial charge in [0.2, 0.25) is 0 Å². The van der Waals surface area contributed by atoms with Crippen molar-refractivity contribution in [3.05, 3.63) is 34.8 Å². The summed E-state index contributed by atoms with van der Waals surface area (Å²) in [5, 5.41) is 16.5. The van der Waals surface area contributed by atoms with Gasteiger partial charge in [0.05, 0.1) is 12.2 Å². The van der Waals surface area contributed by atoms with Gasteiger partial charge in [-0.2, -0.15) is 21.0 Å². The molecule has 3 heterocycles. The summed E-state index contributed by atoms with van der Waals surface area (Å²) < 4.78 is 1.69. The number of rotatable bonds is 2. The molecule has 0 spiro atoms. The van der Waals surface area contributed by atoms with Gasteiger partial charge < -0.3 is 5.73 Å². The van der Waals surface area contributed by atoms with Crippen molar-refractivity contribution < 1.29 is 0 Å². The molecule has 0 saturated heterocycles. The Balaban J connectivity index is 2.21. The number of fused-ring (bicyclic) bond motifs is 1. The smallest absolute Gasteiger partial charge is 0.177 e. The van der Waals surface area contributed by atoms with Gasteiger partial charge in [-0.1, -0.05) is 0 Å². The first-order valence-corrected chi connectivity index (χ1v) is 5.77. The van der Waals surface area contributed by atoms with Crippen LogP contribution in [0.25, 0.3) is 16.9 Å². The Morgan fingerprint density at radius 2 is 2.19 bits per heavy atom. The van der Waals surface area contributed by atoms with Crippen LogP contribution in [-0.2, 0) is 6.54 Å². The Bertz CT molecular complexity index is 613. The van der Waals surface area contributed by atoms with Crippen LogP contribution >= 0.6 is 11.3 Å². The maximum Gasteiger partial charge on any atom is 0.177 e. The van der Waals surface area contributed by atoms with Crippen LogP contribution in [0.5, 0.6) is 0 Å². The van der Waals surface area contributed by atoms with E-state index >= 15 is 0 Å². The van der Waals surface area contributed by atoms with Crippen molar-refractivity contribution in [3.63, 3.8) is 0 Å². The quantitative estimate of drug-likeness (QED) is 0.722. The average Bonchev–Trinajstić information content (AvgIpc) is 2.97. The number of nitrogens with zero attached hydrogens (tertiary/aromatic N) is 4. The van der Waals surface area contributed by atoms with Crippen LogP contribution in [0, 0.1) is 0 Å². The minimum absolute atomic E-state index is 0.335. The van der Waals surface area contributed by atoms with Gasteiger partial charge in [0, 0.05) is 10.9 Å². The minimum Gasteiger partial charge on any atom is -0.324 e. The normalized spacial score (nSPS) is 11.1. The molecule has 0 aliphatic heterocycles. The summed E-state index contributed by atoms with van der Waals surface area (Å²) in [6.45, 7) is 0.335. The fraction of sp³-hybridized carbons (Fsp3) is 0.100. The lowest BCUT2D eigenvalue weighted by molar-refractivity contribution is 0.811.